The van der Waals surface area contributed by atoms with Gasteiger partial charge in [-0.3, -0.25) is 4.72 Å². The van der Waals surface area contributed by atoms with Crippen molar-refractivity contribution in [3.05, 3.63) is 59.7 Å². The van der Waals surface area contributed by atoms with E-state index < -0.39 is 10.0 Å². The number of para-hydroxylation sites is 1. The highest BCUT2D eigenvalue weighted by molar-refractivity contribution is 7.92. The van der Waals surface area contributed by atoms with Gasteiger partial charge >= 0.3 is 0 Å². The number of nitrogens with one attached hydrogen (secondary N) is 1. The SMILES string of the molecule is C/C(=N/OCC1CCOC1)c1ccccc1NS(=O)(=O)c1ccc(C)cc1. The first-order chi connectivity index (χ1) is 13.0. The summed E-state index contributed by atoms with van der Waals surface area (Å²) in [6.45, 7) is 5.66. The number of nitrogens with zero attached hydrogens (tertiary/aromatic N) is 1. The smallest absolute Gasteiger partial charge is 0.261 e. The molecular formula is C20H24N2O4S. The fourth-order valence-corrected chi connectivity index (χ4v) is 3.89. The van der Waals surface area contributed by atoms with Gasteiger partial charge in [0, 0.05) is 18.1 Å². The highest BCUT2D eigenvalue weighted by Gasteiger charge is 2.18. The lowest BCUT2D eigenvalue weighted by molar-refractivity contribution is 0.0958. The Bertz CT molecular complexity index is 902. The lowest BCUT2D eigenvalue weighted by atomic mass is 10.1. The molecular weight excluding hydrogens is 364 g/mol. The van der Waals surface area contributed by atoms with E-state index in [0.717, 1.165) is 18.6 Å². The standard InChI is InChI=1S/C20H24N2O4S/c1-15-7-9-18(10-8-15)27(23,24)22-20-6-4-3-5-19(20)16(2)21-26-14-17-11-12-25-13-17/h3-10,17,22H,11-14H2,1-2H3/b21-16-. The first-order valence-corrected chi connectivity index (χ1v) is 10.4. The molecule has 2 aromatic carbocycles. The second-order valence-electron chi connectivity index (χ2n) is 6.67. The molecule has 0 saturated carbocycles. The lowest BCUT2D eigenvalue weighted by Gasteiger charge is -2.13. The van der Waals surface area contributed by atoms with E-state index in [9.17, 15) is 8.42 Å². The largest absolute Gasteiger partial charge is 0.395 e. The van der Waals surface area contributed by atoms with Crippen LogP contribution in [0.5, 0.6) is 0 Å². The first-order valence-electron chi connectivity index (χ1n) is 8.89. The summed E-state index contributed by atoms with van der Waals surface area (Å²) in [4.78, 5) is 5.67. The van der Waals surface area contributed by atoms with Gasteiger partial charge in [0.05, 0.1) is 22.9 Å². The summed E-state index contributed by atoms with van der Waals surface area (Å²) in [6, 6.07) is 13.9. The molecule has 0 bridgehead atoms. The van der Waals surface area contributed by atoms with Crippen molar-refractivity contribution in [3.8, 4) is 0 Å². The summed E-state index contributed by atoms with van der Waals surface area (Å²) in [5.74, 6) is 0.358. The average Bonchev–Trinajstić information content (AvgIpc) is 3.15. The van der Waals surface area contributed by atoms with Crippen LogP contribution in [0.2, 0.25) is 0 Å². The number of hydrogen-bond acceptors (Lipinski definition) is 5. The third kappa shape index (κ3) is 5.08. The van der Waals surface area contributed by atoms with Crippen molar-refractivity contribution in [2.75, 3.05) is 24.5 Å². The van der Waals surface area contributed by atoms with Crippen LogP contribution in [0, 0.1) is 12.8 Å². The van der Waals surface area contributed by atoms with Crippen LogP contribution in [0.25, 0.3) is 0 Å². The predicted octanol–water partition coefficient (Wildman–Crippen LogP) is 3.57. The van der Waals surface area contributed by atoms with E-state index in [0.29, 0.717) is 36.1 Å². The van der Waals surface area contributed by atoms with Gasteiger partial charge in [0.25, 0.3) is 10.0 Å². The molecule has 0 aromatic heterocycles. The number of benzene rings is 2. The molecule has 0 amide bonds. The van der Waals surface area contributed by atoms with Crippen molar-refractivity contribution in [2.24, 2.45) is 11.1 Å². The van der Waals surface area contributed by atoms with Crippen molar-refractivity contribution in [1.82, 2.24) is 0 Å². The minimum absolute atomic E-state index is 0.218. The minimum Gasteiger partial charge on any atom is -0.395 e. The molecule has 3 rings (SSSR count). The van der Waals surface area contributed by atoms with Gasteiger partial charge in [-0.1, -0.05) is 41.1 Å². The van der Waals surface area contributed by atoms with Crippen LogP contribution in [0.4, 0.5) is 5.69 Å². The quantitative estimate of drug-likeness (QED) is 0.581. The van der Waals surface area contributed by atoms with Crippen LogP contribution in [-0.2, 0) is 19.6 Å². The Balaban J connectivity index is 1.75. The molecule has 1 atom stereocenters. The van der Waals surface area contributed by atoms with E-state index >= 15 is 0 Å². The molecule has 0 aliphatic carbocycles. The summed E-state index contributed by atoms with van der Waals surface area (Å²) in [5.41, 5.74) is 2.75. The summed E-state index contributed by atoms with van der Waals surface area (Å²) in [7, 11) is -3.68. The molecule has 0 spiro atoms. The van der Waals surface area contributed by atoms with Crippen molar-refractivity contribution in [2.45, 2.75) is 25.2 Å². The van der Waals surface area contributed by atoms with Crippen molar-refractivity contribution in [3.63, 3.8) is 0 Å². The fourth-order valence-electron chi connectivity index (χ4n) is 2.81. The van der Waals surface area contributed by atoms with Gasteiger partial charge in [-0.05, 0) is 38.5 Å². The summed E-state index contributed by atoms with van der Waals surface area (Å²) >= 11 is 0. The van der Waals surface area contributed by atoms with Crippen molar-refractivity contribution < 1.29 is 18.0 Å². The van der Waals surface area contributed by atoms with E-state index in [1.165, 1.54) is 0 Å². The van der Waals surface area contributed by atoms with Gasteiger partial charge in [-0.15, -0.1) is 0 Å². The highest BCUT2D eigenvalue weighted by Crippen LogP contribution is 2.21. The van der Waals surface area contributed by atoms with Crippen LogP contribution >= 0.6 is 0 Å². The summed E-state index contributed by atoms with van der Waals surface area (Å²) in [5, 5.41) is 4.16. The zero-order valence-corrected chi connectivity index (χ0v) is 16.3. The number of hydrogen-bond donors (Lipinski definition) is 1. The third-order valence-corrected chi connectivity index (χ3v) is 5.81. The molecule has 2 aromatic rings. The Kier molecular flexibility index (Phi) is 6.13. The predicted molar refractivity (Wildman–Crippen MR) is 106 cm³/mol. The average molecular weight is 388 g/mol. The molecule has 1 aliphatic heterocycles. The first kappa shape index (κ1) is 19.4. The lowest BCUT2D eigenvalue weighted by Crippen LogP contribution is -2.15. The molecule has 1 N–H and O–H groups in total. The Labute approximate surface area is 160 Å². The van der Waals surface area contributed by atoms with E-state index in [2.05, 4.69) is 9.88 Å². The monoisotopic (exact) mass is 388 g/mol. The van der Waals surface area contributed by atoms with E-state index in [-0.39, 0.29) is 4.90 Å². The summed E-state index contributed by atoms with van der Waals surface area (Å²) < 4.78 is 33.3. The number of sulfonamides is 1. The number of oxime groups is 1. The maximum atomic E-state index is 12.7. The molecule has 1 heterocycles. The van der Waals surface area contributed by atoms with Gasteiger partial charge in [-0.25, -0.2) is 8.42 Å². The number of rotatable bonds is 7. The highest BCUT2D eigenvalue weighted by atomic mass is 32.2. The maximum Gasteiger partial charge on any atom is 0.261 e. The number of ether oxygens (including phenoxy) is 1. The molecule has 144 valence electrons. The Morgan fingerprint density at radius 1 is 1.22 bits per heavy atom. The van der Waals surface area contributed by atoms with Gasteiger partial charge in [0.15, 0.2) is 0 Å². The molecule has 1 saturated heterocycles. The van der Waals surface area contributed by atoms with Crippen LogP contribution in [-0.4, -0.2) is 34.0 Å². The summed E-state index contributed by atoms with van der Waals surface area (Å²) in [6.07, 6.45) is 0.974. The van der Waals surface area contributed by atoms with Crippen LogP contribution < -0.4 is 4.72 Å². The maximum absolute atomic E-state index is 12.7. The van der Waals surface area contributed by atoms with E-state index in [1.54, 1.807) is 43.3 Å². The second-order valence-corrected chi connectivity index (χ2v) is 8.35. The molecule has 1 fully saturated rings. The molecule has 6 nitrogen and oxygen atoms in total. The van der Waals surface area contributed by atoms with Crippen LogP contribution in [0.1, 0.15) is 24.5 Å². The van der Waals surface area contributed by atoms with E-state index in [4.69, 9.17) is 9.57 Å². The van der Waals surface area contributed by atoms with Gasteiger partial charge < -0.3 is 9.57 Å². The zero-order chi connectivity index (χ0) is 19.3. The molecule has 1 aliphatic rings. The van der Waals surface area contributed by atoms with Crippen molar-refractivity contribution in [1.29, 1.82) is 0 Å². The second kappa shape index (κ2) is 8.54. The molecule has 0 radical (unpaired) electrons. The van der Waals surface area contributed by atoms with Crippen LogP contribution in [0.15, 0.2) is 58.6 Å². The minimum atomic E-state index is -3.68. The van der Waals surface area contributed by atoms with Crippen LogP contribution in [0.3, 0.4) is 0 Å². The topological polar surface area (TPSA) is 77.0 Å². The number of aryl methyl sites for hydroxylation is 1. The Hall–Kier alpha value is -2.38. The Morgan fingerprint density at radius 2 is 1.96 bits per heavy atom. The van der Waals surface area contributed by atoms with Gasteiger partial charge in [0.2, 0.25) is 0 Å². The molecule has 27 heavy (non-hydrogen) atoms. The molecule has 7 heteroatoms. The number of anilines is 1. The fraction of sp³-hybridized carbons (Fsp3) is 0.350. The molecule has 1 unspecified atom stereocenters. The Morgan fingerprint density at radius 3 is 2.67 bits per heavy atom. The van der Waals surface area contributed by atoms with Crippen molar-refractivity contribution >= 4 is 21.4 Å². The van der Waals surface area contributed by atoms with Gasteiger partial charge in [-0.2, -0.15) is 0 Å². The van der Waals surface area contributed by atoms with E-state index in [1.807, 2.05) is 19.1 Å². The third-order valence-electron chi connectivity index (χ3n) is 4.43. The normalized spacial score (nSPS) is 17.7. The zero-order valence-electron chi connectivity index (χ0n) is 15.5. The van der Waals surface area contributed by atoms with Gasteiger partial charge in [0.1, 0.15) is 6.61 Å².